The van der Waals surface area contributed by atoms with E-state index in [0.717, 1.165) is 15.7 Å². The van der Waals surface area contributed by atoms with Crippen molar-refractivity contribution in [2.24, 2.45) is 5.92 Å². The minimum absolute atomic E-state index is 0.205. The van der Waals surface area contributed by atoms with Gasteiger partial charge in [0.15, 0.2) is 5.11 Å². The molecule has 2 aromatic rings. The number of halogens is 2. The predicted octanol–water partition coefficient (Wildman–Crippen LogP) is 5.57. The lowest BCUT2D eigenvalue weighted by molar-refractivity contribution is 0.0977. The molecule has 0 saturated carbocycles. The van der Waals surface area contributed by atoms with Gasteiger partial charge >= 0.3 is 0 Å². The molecule has 0 aliphatic rings. The lowest BCUT2D eigenvalue weighted by atomic mass is 10.2. The molecule has 7 heteroatoms. The smallest absolute Gasteiger partial charge is 0.257 e. The Labute approximate surface area is 172 Å². The van der Waals surface area contributed by atoms with Crippen molar-refractivity contribution in [3.05, 3.63) is 57.0 Å². The van der Waals surface area contributed by atoms with Crippen molar-refractivity contribution in [2.45, 2.75) is 20.8 Å². The number of ether oxygens (including phenoxy) is 1. The fourth-order valence-corrected chi connectivity index (χ4v) is 2.96. The first-order valence-corrected chi connectivity index (χ1v) is 9.65. The Morgan fingerprint density at radius 2 is 2.04 bits per heavy atom. The van der Waals surface area contributed by atoms with Crippen LogP contribution in [0.1, 0.15) is 29.8 Å². The van der Waals surface area contributed by atoms with Crippen LogP contribution in [-0.4, -0.2) is 17.6 Å². The van der Waals surface area contributed by atoms with Gasteiger partial charge in [-0.3, -0.25) is 10.1 Å². The van der Waals surface area contributed by atoms with Gasteiger partial charge in [0.1, 0.15) is 5.75 Å². The number of hydrogen-bond acceptors (Lipinski definition) is 3. The van der Waals surface area contributed by atoms with Gasteiger partial charge in [0.05, 0.1) is 11.1 Å². The summed E-state index contributed by atoms with van der Waals surface area (Å²) in [5.41, 5.74) is 2.09. The third-order valence-electron chi connectivity index (χ3n) is 3.51. The van der Waals surface area contributed by atoms with Crippen molar-refractivity contribution < 1.29 is 9.53 Å². The molecule has 26 heavy (non-hydrogen) atoms. The van der Waals surface area contributed by atoms with Crippen molar-refractivity contribution in [1.29, 1.82) is 0 Å². The molecule has 138 valence electrons. The van der Waals surface area contributed by atoms with Crippen LogP contribution in [0.5, 0.6) is 5.75 Å². The number of carbonyl (C=O) groups excluding carboxylic acids is 1. The topological polar surface area (TPSA) is 50.4 Å². The number of nitrogens with one attached hydrogen (secondary N) is 2. The summed E-state index contributed by atoms with van der Waals surface area (Å²) in [6, 6.07) is 10.6. The maximum absolute atomic E-state index is 12.4. The Balaban J connectivity index is 2.01. The molecule has 2 N–H and O–H groups in total. The van der Waals surface area contributed by atoms with Gasteiger partial charge < -0.3 is 10.1 Å². The van der Waals surface area contributed by atoms with Crippen molar-refractivity contribution in [2.75, 3.05) is 11.9 Å². The molecule has 0 aromatic heterocycles. The van der Waals surface area contributed by atoms with Gasteiger partial charge in [0.25, 0.3) is 5.91 Å². The monoisotopic (exact) mass is 454 g/mol. The van der Waals surface area contributed by atoms with E-state index in [2.05, 4.69) is 40.4 Å². The molecule has 0 saturated heterocycles. The van der Waals surface area contributed by atoms with Crippen LogP contribution in [0, 0.1) is 12.8 Å². The highest BCUT2D eigenvalue weighted by atomic mass is 79.9. The van der Waals surface area contributed by atoms with Crippen molar-refractivity contribution >= 4 is 56.5 Å². The van der Waals surface area contributed by atoms with Crippen LogP contribution in [0.4, 0.5) is 5.69 Å². The molecule has 0 aliphatic carbocycles. The van der Waals surface area contributed by atoms with E-state index in [1.165, 1.54) is 0 Å². The average molecular weight is 456 g/mol. The molecule has 0 aliphatic heterocycles. The number of hydrogen-bond donors (Lipinski definition) is 2. The second kappa shape index (κ2) is 9.35. The third kappa shape index (κ3) is 5.69. The van der Waals surface area contributed by atoms with E-state index in [1.807, 2.05) is 19.1 Å². The van der Waals surface area contributed by atoms with Crippen molar-refractivity contribution in [3.63, 3.8) is 0 Å². The highest BCUT2D eigenvalue weighted by molar-refractivity contribution is 9.10. The number of carbonyl (C=O) groups is 1. The first-order valence-electron chi connectivity index (χ1n) is 8.07. The highest BCUT2D eigenvalue weighted by Gasteiger charge is 2.12. The number of amides is 1. The number of rotatable bonds is 5. The lowest BCUT2D eigenvalue weighted by Crippen LogP contribution is -2.34. The zero-order valence-corrected chi connectivity index (χ0v) is 17.9. The minimum atomic E-state index is -0.307. The van der Waals surface area contributed by atoms with Crippen LogP contribution < -0.4 is 15.4 Å². The van der Waals surface area contributed by atoms with Crippen LogP contribution in [0.15, 0.2) is 40.9 Å². The molecule has 0 atom stereocenters. The van der Waals surface area contributed by atoms with Crippen LogP contribution in [0.3, 0.4) is 0 Å². The van der Waals surface area contributed by atoms with Gasteiger partial charge in [-0.25, -0.2) is 0 Å². The summed E-state index contributed by atoms with van der Waals surface area (Å²) in [4.78, 5) is 12.4. The Morgan fingerprint density at radius 3 is 2.69 bits per heavy atom. The molecular weight excluding hydrogens is 436 g/mol. The van der Waals surface area contributed by atoms with Gasteiger partial charge in [-0.1, -0.05) is 31.5 Å². The van der Waals surface area contributed by atoms with Gasteiger partial charge in [-0.15, -0.1) is 0 Å². The van der Waals surface area contributed by atoms with E-state index in [4.69, 9.17) is 28.6 Å². The van der Waals surface area contributed by atoms with E-state index >= 15 is 0 Å². The summed E-state index contributed by atoms with van der Waals surface area (Å²) in [6.45, 7) is 6.63. The molecule has 2 rings (SSSR count). The van der Waals surface area contributed by atoms with E-state index in [9.17, 15) is 4.79 Å². The van der Waals surface area contributed by atoms with E-state index in [0.29, 0.717) is 28.9 Å². The summed E-state index contributed by atoms with van der Waals surface area (Å²) in [5, 5.41) is 6.49. The standard InChI is InChI=1S/C19H20BrClN2O2S/c1-11(2)10-25-17-8-7-13(9-14(17)20)18(24)23-19(26)22-16-6-4-5-15(21)12(16)3/h4-9,11H,10H2,1-3H3,(H2,22,23,24,26). The largest absolute Gasteiger partial charge is 0.492 e. The Bertz CT molecular complexity index is 827. The van der Waals surface area contributed by atoms with E-state index in [1.54, 1.807) is 24.3 Å². The SMILES string of the molecule is Cc1c(Cl)cccc1NC(=S)NC(=O)c1ccc(OCC(C)C)c(Br)c1. The summed E-state index contributed by atoms with van der Waals surface area (Å²) in [5.74, 6) is 0.812. The summed E-state index contributed by atoms with van der Waals surface area (Å²) in [7, 11) is 0. The zero-order chi connectivity index (χ0) is 19.3. The lowest BCUT2D eigenvalue weighted by Gasteiger charge is -2.13. The second-order valence-corrected chi connectivity index (χ2v) is 7.84. The predicted molar refractivity (Wildman–Crippen MR) is 114 cm³/mol. The summed E-state index contributed by atoms with van der Waals surface area (Å²) < 4.78 is 6.41. The van der Waals surface area contributed by atoms with Crippen LogP contribution in [0.2, 0.25) is 5.02 Å². The first kappa shape index (κ1) is 20.7. The average Bonchev–Trinajstić information content (AvgIpc) is 2.57. The normalized spacial score (nSPS) is 10.5. The molecule has 0 fully saturated rings. The maximum Gasteiger partial charge on any atom is 0.257 e. The van der Waals surface area contributed by atoms with Crippen molar-refractivity contribution in [1.82, 2.24) is 5.32 Å². The van der Waals surface area contributed by atoms with E-state index < -0.39 is 0 Å². The van der Waals surface area contributed by atoms with Gasteiger partial charge in [-0.2, -0.15) is 0 Å². The zero-order valence-electron chi connectivity index (χ0n) is 14.7. The third-order valence-corrected chi connectivity index (χ3v) is 4.74. The number of anilines is 1. The van der Waals surface area contributed by atoms with Crippen molar-refractivity contribution in [3.8, 4) is 5.75 Å². The van der Waals surface area contributed by atoms with Gasteiger partial charge in [0, 0.05) is 16.3 Å². The fraction of sp³-hybridized carbons (Fsp3) is 0.263. The quantitative estimate of drug-likeness (QED) is 0.579. The number of thiocarbonyl (C=S) groups is 1. The van der Waals surface area contributed by atoms with Crippen LogP contribution >= 0.6 is 39.7 Å². The second-order valence-electron chi connectivity index (χ2n) is 6.17. The van der Waals surface area contributed by atoms with Crippen LogP contribution in [0.25, 0.3) is 0 Å². The molecule has 0 radical (unpaired) electrons. The molecule has 1 amide bonds. The summed E-state index contributed by atoms with van der Waals surface area (Å²) in [6.07, 6.45) is 0. The minimum Gasteiger partial charge on any atom is -0.492 e. The van der Waals surface area contributed by atoms with Crippen LogP contribution in [-0.2, 0) is 0 Å². The Morgan fingerprint density at radius 1 is 1.31 bits per heavy atom. The molecule has 0 spiro atoms. The molecule has 0 unspecified atom stereocenters. The van der Waals surface area contributed by atoms with Gasteiger partial charge in [0.2, 0.25) is 0 Å². The molecule has 0 heterocycles. The first-order chi connectivity index (χ1) is 12.3. The Hall–Kier alpha value is -1.63. The maximum atomic E-state index is 12.4. The molecular formula is C19H20BrClN2O2S. The molecule has 0 bridgehead atoms. The molecule has 2 aromatic carbocycles. The fourth-order valence-electron chi connectivity index (χ4n) is 2.09. The Kier molecular flexibility index (Phi) is 7.43. The summed E-state index contributed by atoms with van der Waals surface area (Å²) >= 11 is 14.7. The molecule has 4 nitrogen and oxygen atoms in total. The highest BCUT2D eigenvalue weighted by Crippen LogP contribution is 2.26. The van der Waals surface area contributed by atoms with E-state index in [-0.39, 0.29) is 11.0 Å². The van der Waals surface area contributed by atoms with Gasteiger partial charge in [-0.05, 0) is 76.9 Å². The number of benzene rings is 2.